The van der Waals surface area contributed by atoms with Gasteiger partial charge in [0.25, 0.3) is 0 Å². The third-order valence-corrected chi connectivity index (χ3v) is 8.00. The van der Waals surface area contributed by atoms with E-state index in [-0.39, 0.29) is 48.3 Å². The highest BCUT2D eigenvalue weighted by molar-refractivity contribution is 6.22. The molecule has 2 saturated heterocycles. The van der Waals surface area contributed by atoms with Gasteiger partial charge >= 0.3 is 5.97 Å². The number of ether oxygens (including phenoxy) is 1. The Morgan fingerprint density at radius 1 is 0.892 bits per heavy atom. The molecule has 0 N–H and O–H groups in total. The highest BCUT2D eigenvalue weighted by atomic mass is 16.5. The largest absolute Gasteiger partial charge is 0.426 e. The van der Waals surface area contributed by atoms with Crippen LogP contribution >= 0.6 is 0 Å². The van der Waals surface area contributed by atoms with E-state index in [0.29, 0.717) is 11.6 Å². The number of anilines is 2. The average Bonchev–Trinajstić information content (AvgIpc) is 3.40. The molecule has 3 aromatic carbocycles. The van der Waals surface area contributed by atoms with Crippen molar-refractivity contribution < 1.29 is 23.9 Å². The second-order valence-electron chi connectivity index (χ2n) is 10.5. The summed E-state index contributed by atoms with van der Waals surface area (Å²) in [5, 5.41) is 1.98. The summed E-state index contributed by atoms with van der Waals surface area (Å²) in [6, 6.07) is 20.2. The SMILES string of the molecule is C[C@@H]1CC[C@@H]2C(=O)N(c3cccc(OC(=O)[C@H]4CC(=O)N(c5cccc6ccccc56)C4)c3)C(=O)[C@H]2C1. The van der Waals surface area contributed by atoms with Gasteiger partial charge in [0.2, 0.25) is 17.7 Å². The fourth-order valence-electron chi connectivity index (χ4n) is 6.07. The lowest BCUT2D eigenvalue weighted by Crippen LogP contribution is -2.31. The lowest BCUT2D eigenvalue weighted by atomic mass is 9.76. The van der Waals surface area contributed by atoms with Gasteiger partial charge in [-0.05, 0) is 48.8 Å². The number of carbonyl (C=O) groups excluding carboxylic acids is 4. The van der Waals surface area contributed by atoms with Gasteiger partial charge < -0.3 is 9.64 Å². The molecule has 3 aromatic rings. The van der Waals surface area contributed by atoms with Gasteiger partial charge in [0, 0.05) is 24.4 Å². The summed E-state index contributed by atoms with van der Waals surface area (Å²) in [5.41, 5.74) is 1.20. The van der Waals surface area contributed by atoms with Crippen molar-refractivity contribution in [2.75, 3.05) is 16.3 Å². The van der Waals surface area contributed by atoms with Crippen LogP contribution < -0.4 is 14.5 Å². The molecule has 1 aliphatic carbocycles. The third-order valence-electron chi connectivity index (χ3n) is 8.00. The van der Waals surface area contributed by atoms with E-state index in [1.54, 1.807) is 29.2 Å². The maximum atomic E-state index is 13.1. The number of hydrogen-bond acceptors (Lipinski definition) is 5. The molecular formula is C30H28N2O5. The highest BCUT2D eigenvalue weighted by Crippen LogP contribution is 2.42. The monoisotopic (exact) mass is 496 g/mol. The van der Waals surface area contributed by atoms with Crippen molar-refractivity contribution in [3.63, 3.8) is 0 Å². The van der Waals surface area contributed by atoms with E-state index in [2.05, 4.69) is 6.92 Å². The summed E-state index contributed by atoms with van der Waals surface area (Å²) < 4.78 is 5.66. The normalized spacial score (nSPS) is 25.6. The first-order valence-electron chi connectivity index (χ1n) is 12.9. The van der Waals surface area contributed by atoms with Crippen molar-refractivity contribution in [1.29, 1.82) is 0 Å². The number of nitrogens with zero attached hydrogens (tertiary/aromatic N) is 2. The van der Waals surface area contributed by atoms with Crippen molar-refractivity contribution >= 4 is 45.8 Å². The van der Waals surface area contributed by atoms with Crippen LogP contribution in [0.15, 0.2) is 66.7 Å². The Bertz CT molecular complexity index is 1430. The van der Waals surface area contributed by atoms with Crippen LogP contribution in [0.2, 0.25) is 0 Å². The zero-order valence-corrected chi connectivity index (χ0v) is 20.6. The molecule has 3 aliphatic rings. The maximum absolute atomic E-state index is 13.1. The van der Waals surface area contributed by atoms with Crippen molar-refractivity contribution in [2.45, 2.75) is 32.6 Å². The molecule has 7 heteroatoms. The molecule has 188 valence electrons. The molecule has 2 aliphatic heterocycles. The van der Waals surface area contributed by atoms with Gasteiger partial charge in [-0.25, -0.2) is 4.90 Å². The zero-order valence-electron chi connectivity index (χ0n) is 20.6. The Labute approximate surface area is 215 Å². The predicted molar refractivity (Wildman–Crippen MR) is 139 cm³/mol. The van der Waals surface area contributed by atoms with Gasteiger partial charge in [-0.15, -0.1) is 0 Å². The summed E-state index contributed by atoms with van der Waals surface area (Å²) in [4.78, 5) is 55.0. The minimum Gasteiger partial charge on any atom is -0.426 e. The molecule has 3 fully saturated rings. The van der Waals surface area contributed by atoms with Crippen molar-refractivity contribution in [3.05, 3.63) is 66.7 Å². The maximum Gasteiger partial charge on any atom is 0.316 e. The van der Waals surface area contributed by atoms with Gasteiger partial charge in [0.15, 0.2) is 0 Å². The Kier molecular flexibility index (Phi) is 5.78. The van der Waals surface area contributed by atoms with Crippen molar-refractivity contribution in [3.8, 4) is 5.75 Å². The molecule has 6 rings (SSSR count). The Balaban J connectivity index is 1.18. The lowest BCUT2D eigenvalue weighted by Gasteiger charge is -2.25. The number of carbonyl (C=O) groups is 4. The van der Waals surface area contributed by atoms with Crippen molar-refractivity contribution in [1.82, 2.24) is 0 Å². The van der Waals surface area contributed by atoms with E-state index in [0.717, 1.165) is 35.7 Å². The minimum atomic E-state index is -0.616. The molecule has 2 heterocycles. The third kappa shape index (κ3) is 4.08. The summed E-state index contributed by atoms with van der Waals surface area (Å²) in [7, 11) is 0. The summed E-state index contributed by atoms with van der Waals surface area (Å²) in [5.74, 6) is -1.45. The number of fused-ring (bicyclic) bond motifs is 2. The molecule has 0 spiro atoms. The number of hydrogen-bond donors (Lipinski definition) is 0. The van der Waals surface area contributed by atoms with E-state index >= 15 is 0 Å². The topological polar surface area (TPSA) is 84.0 Å². The van der Waals surface area contributed by atoms with E-state index in [4.69, 9.17) is 4.74 Å². The molecule has 37 heavy (non-hydrogen) atoms. The van der Waals surface area contributed by atoms with Gasteiger partial charge in [-0.2, -0.15) is 0 Å². The Morgan fingerprint density at radius 2 is 1.65 bits per heavy atom. The summed E-state index contributed by atoms with van der Waals surface area (Å²) in [6.45, 7) is 2.35. The Morgan fingerprint density at radius 3 is 2.51 bits per heavy atom. The first-order chi connectivity index (χ1) is 17.9. The van der Waals surface area contributed by atoms with Gasteiger partial charge in [0.05, 0.1) is 29.1 Å². The number of esters is 1. The smallest absolute Gasteiger partial charge is 0.316 e. The number of rotatable bonds is 4. The van der Waals surface area contributed by atoms with Crippen LogP contribution in [0, 0.1) is 23.7 Å². The van der Waals surface area contributed by atoms with Crippen LogP contribution in [0.25, 0.3) is 10.8 Å². The van der Waals surface area contributed by atoms with Crippen LogP contribution in [0.5, 0.6) is 5.75 Å². The molecule has 7 nitrogen and oxygen atoms in total. The average molecular weight is 497 g/mol. The van der Waals surface area contributed by atoms with Crippen LogP contribution in [-0.4, -0.2) is 30.2 Å². The second-order valence-corrected chi connectivity index (χ2v) is 10.5. The van der Waals surface area contributed by atoms with E-state index in [9.17, 15) is 19.2 Å². The molecule has 0 radical (unpaired) electrons. The standard InChI is InChI=1S/C30H28N2O5/c1-18-12-13-24-25(14-18)29(35)32(28(24)34)21-8-5-9-22(16-21)37-30(36)20-15-27(33)31(17-20)26-11-4-7-19-6-2-3-10-23(19)26/h2-11,16,18,20,24-25H,12-15,17H2,1H3/t18-,20+,24+,25+/m1/s1. The van der Waals surface area contributed by atoms with Crippen LogP contribution in [0.3, 0.4) is 0 Å². The fraction of sp³-hybridized carbons (Fsp3) is 0.333. The zero-order chi connectivity index (χ0) is 25.7. The summed E-state index contributed by atoms with van der Waals surface area (Å²) in [6.07, 6.45) is 2.46. The van der Waals surface area contributed by atoms with E-state index < -0.39 is 11.9 Å². The van der Waals surface area contributed by atoms with Gasteiger partial charge in [-0.1, -0.05) is 49.4 Å². The van der Waals surface area contributed by atoms with Gasteiger partial charge in [0.1, 0.15) is 5.75 Å². The van der Waals surface area contributed by atoms with Gasteiger partial charge in [-0.3, -0.25) is 19.2 Å². The van der Waals surface area contributed by atoms with E-state index in [1.807, 2.05) is 42.5 Å². The van der Waals surface area contributed by atoms with Crippen molar-refractivity contribution in [2.24, 2.45) is 23.7 Å². The minimum absolute atomic E-state index is 0.0619. The number of amides is 3. The van der Waals surface area contributed by atoms with Crippen LogP contribution in [0.4, 0.5) is 11.4 Å². The predicted octanol–water partition coefficient (Wildman–Crippen LogP) is 4.72. The molecule has 0 bridgehead atoms. The quantitative estimate of drug-likeness (QED) is 0.296. The van der Waals surface area contributed by atoms with Crippen LogP contribution in [-0.2, 0) is 19.2 Å². The number of imide groups is 1. The molecular weight excluding hydrogens is 468 g/mol. The second kappa shape index (κ2) is 9.14. The Hall–Kier alpha value is -4.00. The molecule has 1 saturated carbocycles. The first kappa shape index (κ1) is 23.4. The van der Waals surface area contributed by atoms with E-state index in [1.165, 1.54) is 4.90 Å². The highest BCUT2D eigenvalue weighted by Gasteiger charge is 2.50. The summed E-state index contributed by atoms with van der Waals surface area (Å²) >= 11 is 0. The molecule has 3 amide bonds. The lowest BCUT2D eigenvalue weighted by molar-refractivity contribution is -0.139. The van der Waals surface area contributed by atoms with Crippen LogP contribution in [0.1, 0.15) is 32.6 Å². The molecule has 4 atom stereocenters. The fourth-order valence-corrected chi connectivity index (χ4v) is 6.07. The number of benzene rings is 3. The molecule has 0 unspecified atom stereocenters. The molecule has 0 aromatic heterocycles. The first-order valence-corrected chi connectivity index (χ1v) is 12.9.